The fourth-order valence-electron chi connectivity index (χ4n) is 1.08. The third kappa shape index (κ3) is 3.18. The van der Waals surface area contributed by atoms with Crippen molar-refractivity contribution < 1.29 is 15.1 Å². The fourth-order valence-corrected chi connectivity index (χ4v) is 1.08. The van der Waals surface area contributed by atoms with E-state index in [1.54, 1.807) is 24.3 Å². The zero-order valence-electron chi connectivity index (χ0n) is 7.84. The van der Waals surface area contributed by atoms with Gasteiger partial charge in [0.15, 0.2) is 5.84 Å². The minimum absolute atomic E-state index is 0.00725. The second-order valence-electron chi connectivity index (χ2n) is 2.84. The minimum Gasteiger partial charge on any atom is -0.465 e. The summed E-state index contributed by atoms with van der Waals surface area (Å²) in [6, 6.07) is 6.75. The number of amidine groups is 1. The van der Waals surface area contributed by atoms with Gasteiger partial charge in [-0.25, -0.2) is 4.79 Å². The van der Waals surface area contributed by atoms with Gasteiger partial charge in [0.25, 0.3) is 0 Å². The van der Waals surface area contributed by atoms with E-state index in [1.165, 1.54) is 0 Å². The summed E-state index contributed by atoms with van der Waals surface area (Å²) in [5.41, 5.74) is 6.66. The number of oxime groups is 1. The van der Waals surface area contributed by atoms with Crippen LogP contribution in [-0.2, 0) is 6.54 Å². The molecule has 1 aromatic rings. The van der Waals surface area contributed by atoms with Crippen LogP contribution in [0, 0.1) is 0 Å². The Morgan fingerprint density at radius 2 is 2.27 bits per heavy atom. The van der Waals surface area contributed by atoms with E-state index in [0.717, 1.165) is 5.56 Å². The van der Waals surface area contributed by atoms with Gasteiger partial charge in [-0.1, -0.05) is 23.4 Å². The highest BCUT2D eigenvalue weighted by molar-refractivity contribution is 5.97. The second-order valence-corrected chi connectivity index (χ2v) is 2.84. The van der Waals surface area contributed by atoms with Crippen molar-refractivity contribution >= 4 is 11.9 Å². The van der Waals surface area contributed by atoms with Crippen molar-refractivity contribution in [3.05, 3.63) is 35.4 Å². The molecule has 1 rings (SSSR count). The zero-order chi connectivity index (χ0) is 11.3. The molecule has 0 aliphatic heterocycles. The van der Waals surface area contributed by atoms with Crippen LogP contribution in [-0.4, -0.2) is 22.2 Å². The van der Waals surface area contributed by atoms with E-state index in [4.69, 9.17) is 16.0 Å². The van der Waals surface area contributed by atoms with Gasteiger partial charge < -0.3 is 21.4 Å². The number of nitrogens with zero attached hydrogens (tertiary/aromatic N) is 1. The molecule has 0 fully saturated rings. The first kappa shape index (κ1) is 10.8. The van der Waals surface area contributed by atoms with Crippen molar-refractivity contribution in [2.75, 3.05) is 0 Å². The molecule has 0 aliphatic carbocycles. The Morgan fingerprint density at radius 1 is 1.53 bits per heavy atom. The standard InChI is InChI=1S/C9H11N3O3/c10-8(12-15)7-3-1-2-6(4-7)5-11-9(13)14/h1-4,11,15H,5H2,(H2,10,12)(H,13,14). The van der Waals surface area contributed by atoms with Gasteiger partial charge in [0.1, 0.15) is 0 Å². The maximum absolute atomic E-state index is 10.2. The molecule has 0 atom stereocenters. The molecule has 0 radical (unpaired) electrons. The van der Waals surface area contributed by atoms with Gasteiger partial charge in [-0.2, -0.15) is 0 Å². The lowest BCUT2D eigenvalue weighted by atomic mass is 10.1. The van der Waals surface area contributed by atoms with Crippen molar-refractivity contribution in [3.63, 3.8) is 0 Å². The Morgan fingerprint density at radius 3 is 2.87 bits per heavy atom. The smallest absolute Gasteiger partial charge is 0.404 e. The molecule has 0 heterocycles. The van der Waals surface area contributed by atoms with E-state index in [-0.39, 0.29) is 12.4 Å². The Bertz CT molecular complexity index is 390. The fraction of sp³-hybridized carbons (Fsp3) is 0.111. The highest BCUT2D eigenvalue weighted by Gasteiger charge is 2.01. The largest absolute Gasteiger partial charge is 0.465 e. The first-order chi connectivity index (χ1) is 7.13. The molecule has 6 nitrogen and oxygen atoms in total. The van der Waals surface area contributed by atoms with Crippen LogP contribution in [0.15, 0.2) is 29.4 Å². The highest BCUT2D eigenvalue weighted by Crippen LogP contribution is 2.04. The van der Waals surface area contributed by atoms with Crippen molar-refractivity contribution in [2.24, 2.45) is 10.9 Å². The Labute approximate surface area is 86.0 Å². The predicted molar refractivity (Wildman–Crippen MR) is 53.8 cm³/mol. The van der Waals surface area contributed by atoms with Crippen molar-refractivity contribution in [1.29, 1.82) is 0 Å². The van der Waals surface area contributed by atoms with Crippen LogP contribution in [0.3, 0.4) is 0 Å². The second kappa shape index (κ2) is 4.85. The number of amides is 1. The molecule has 0 aliphatic rings. The van der Waals surface area contributed by atoms with Crippen LogP contribution in [0.25, 0.3) is 0 Å². The van der Waals surface area contributed by atoms with E-state index < -0.39 is 6.09 Å². The summed E-state index contributed by atoms with van der Waals surface area (Å²) in [5, 5.41) is 21.9. The van der Waals surface area contributed by atoms with Crippen molar-refractivity contribution in [2.45, 2.75) is 6.54 Å². The van der Waals surface area contributed by atoms with Crippen molar-refractivity contribution in [1.82, 2.24) is 5.32 Å². The van der Waals surface area contributed by atoms with E-state index >= 15 is 0 Å². The third-order valence-corrected chi connectivity index (χ3v) is 1.77. The van der Waals surface area contributed by atoms with Gasteiger partial charge >= 0.3 is 6.09 Å². The SMILES string of the molecule is NC(=NO)c1cccc(CNC(=O)O)c1. The molecule has 6 heteroatoms. The summed E-state index contributed by atoms with van der Waals surface area (Å²) in [4.78, 5) is 10.2. The molecule has 5 N–H and O–H groups in total. The molecule has 1 aromatic carbocycles. The zero-order valence-corrected chi connectivity index (χ0v) is 7.84. The molecular weight excluding hydrogens is 198 g/mol. The Hall–Kier alpha value is -2.24. The van der Waals surface area contributed by atoms with Gasteiger partial charge in [-0.3, -0.25) is 0 Å². The quantitative estimate of drug-likeness (QED) is 0.252. The first-order valence-corrected chi connectivity index (χ1v) is 4.17. The van der Waals surface area contributed by atoms with Gasteiger partial charge in [0, 0.05) is 12.1 Å². The van der Waals surface area contributed by atoms with Crippen LogP contribution in [0.5, 0.6) is 0 Å². The molecule has 1 amide bonds. The van der Waals surface area contributed by atoms with E-state index in [1.807, 2.05) is 0 Å². The number of carboxylic acid groups (broad SMARTS) is 1. The van der Waals surface area contributed by atoms with E-state index in [2.05, 4.69) is 10.5 Å². The summed E-state index contributed by atoms with van der Waals surface area (Å²) < 4.78 is 0. The lowest BCUT2D eigenvalue weighted by molar-refractivity contribution is 0.194. The molecule has 0 saturated carbocycles. The molecule has 15 heavy (non-hydrogen) atoms. The minimum atomic E-state index is -1.09. The Balaban J connectivity index is 2.79. The summed E-state index contributed by atoms with van der Waals surface area (Å²) in [6.07, 6.45) is -1.09. The molecule has 80 valence electrons. The van der Waals surface area contributed by atoms with E-state index in [0.29, 0.717) is 5.56 Å². The van der Waals surface area contributed by atoms with Crippen molar-refractivity contribution in [3.8, 4) is 0 Å². The number of hydrogen-bond donors (Lipinski definition) is 4. The Kier molecular flexibility index (Phi) is 3.50. The average molecular weight is 209 g/mol. The number of nitrogens with two attached hydrogens (primary N) is 1. The van der Waals surface area contributed by atoms with Gasteiger partial charge in [0.05, 0.1) is 0 Å². The van der Waals surface area contributed by atoms with Crippen LogP contribution >= 0.6 is 0 Å². The van der Waals surface area contributed by atoms with Gasteiger partial charge in [0.2, 0.25) is 0 Å². The molecule has 0 spiro atoms. The molecule has 0 aromatic heterocycles. The number of nitrogens with one attached hydrogen (secondary N) is 1. The topological polar surface area (TPSA) is 108 Å². The number of rotatable bonds is 3. The van der Waals surface area contributed by atoms with E-state index in [9.17, 15) is 4.79 Å². The van der Waals surface area contributed by atoms with Crippen LogP contribution in [0.4, 0.5) is 4.79 Å². The molecule has 0 bridgehead atoms. The normalized spacial score (nSPS) is 11.1. The lowest BCUT2D eigenvalue weighted by Gasteiger charge is -2.03. The summed E-state index contributed by atoms with van der Waals surface area (Å²) in [5.74, 6) is -0.00725. The average Bonchev–Trinajstić information content (AvgIpc) is 2.25. The maximum Gasteiger partial charge on any atom is 0.404 e. The third-order valence-electron chi connectivity index (χ3n) is 1.77. The maximum atomic E-state index is 10.2. The number of hydrogen-bond acceptors (Lipinski definition) is 3. The predicted octanol–water partition coefficient (Wildman–Crippen LogP) is 0.549. The summed E-state index contributed by atoms with van der Waals surface area (Å²) in [6.45, 7) is 0.182. The van der Waals surface area contributed by atoms with Gasteiger partial charge in [-0.15, -0.1) is 0 Å². The molecule has 0 unspecified atom stereocenters. The lowest BCUT2D eigenvalue weighted by Crippen LogP contribution is -2.20. The highest BCUT2D eigenvalue weighted by atomic mass is 16.4. The first-order valence-electron chi connectivity index (χ1n) is 4.17. The van der Waals surface area contributed by atoms with Crippen LogP contribution in [0.1, 0.15) is 11.1 Å². The summed E-state index contributed by atoms with van der Waals surface area (Å²) in [7, 11) is 0. The summed E-state index contributed by atoms with van der Waals surface area (Å²) >= 11 is 0. The number of benzene rings is 1. The molecular formula is C9H11N3O3. The number of carbonyl (C=O) groups is 1. The van der Waals surface area contributed by atoms with Crippen LogP contribution < -0.4 is 11.1 Å². The van der Waals surface area contributed by atoms with Crippen LogP contribution in [0.2, 0.25) is 0 Å². The molecule has 0 saturated heterocycles. The van der Waals surface area contributed by atoms with Gasteiger partial charge in [-0.05, 0) is 11.6 Å². The monoisotopic (exact) mass is 209 g/mol.